The summed E-state index contributed by atoms with van der Waals surface area (Å²) in [6.45, 7) is 0.855. The normalized spacial score (nSPS) is 20.9. The van der Waals surface area contributed by atoms with Gasteiger partial charge < -0.3 is 4.90 Å². The number of rotatable bonds is 1. The maximum Gasteiger partial charge on any atom is 0.251 e. The molecule has 0 unspecified atom stereocenters. The Hall–Kier alpha value is -1.19. The van der Waals surface area contributed by atoms with Gasteiger partial charge in [-0.3, -0.25) is 4.98 Å². The molecule has 1 aliphatic rings. The van der Waals surface area contributed by atoms with Crippen LogP contribution < -0.4 is 4.90 Å². The van der Waals surface area contributed by atoms with Gasteiger partial charge in [0.1, 0.15) is 0 Å². The van der Waals surface area contributed by atoms with Crippen molar-refractivity contribution >= 4 is 5.69 Å². The van der Waals surface area contributed by atoms with Gasteiger partial charge in [0, 0.05) is 44.0 Å². The molecular formula is C10H12F2N2. The monoisotopic (exact) mass is 198 g/mol. The lowest BCUT2D eigenvalue weighted by Crippen LogP contribution is -2.39. The standard InChI is InChI=1S/C10H12F2N2/c11-10(12)3-7-14(8-4-10)9-1-5-13-6-2-9/h1-2,5-6H,3-4,7-8H2. The van der Waals surface area contributed by atoms with E-state index in [1.54, 1.807) is 12.4 Å². The number of anilines is 1. The van der Waals surface area contributed by atoms with E-state index in [1.165, 1.54) is 0 Å². The van der Waals surface area contributed by atoms with Crippen LogP contribution in [0.3, 0.4) is 0 Å². The molecule has 2 nitrogen and oxygen atoms in total. The SMILES string of the molecule is FC1(F)CCN(c2ccncc2)CC1. The number of hydrogen-bond donors (Lipinski definition) is 0. The van der Waals surface area contributed by atoms with E-state index >= 15 is 0 Å². The van der Waals surface area contributed by atoms with Gasteiger partial charge in [-0.2, -0.15) is 0 Å². The fraction of sp³-hybridized carbons (Fsp3) is 0.500. The lowest BCUT2D eigenvalue weighted by Gasteiger charge is -2.33. The quantitative estimate of drug-likeness (QED) is 0.688. The number of nitrogens with zero attached hydrogens (tertiary/aromatic N) is 2. The highest BCUT2D eigenvalue weighted by Gasteiger charge is 2.33. The van der Waals surface area contributed by atoms with Crippen LogP contribution in [0.5, 0.6) is 0 Å². The molecule has 4 heteroatoms. The second-order valence-electron chi connectivity index (χ2n) is 3.55. The number of aromatic nitrogens is 1. The summed E-state index contributed by atoms with van der Waals surface area (Å²) in [5.41, 5.74) is 0.982. The van der Waals surface area contributed by atoms with Crippen molar-refractivity contribution in [1.29, 1.82) is 0 Å². The molecule has 0 radical (unpaired) electrons. The number of halogens is 2. The van der Waals surface area contributed by atoms with Crippen molar-refractivity contribution in [2.75, 3.05) is 18.0 Å². The lowest BCUT2D eigenvalue weighted by molar-refractivity contribution is -0.0220. The van der Waals surface area contributed by atoms with Crippen LogP contribution in [-0.2, 0) is 0 Å². The molecule has 14 heavy (non-hydrogen) atoms. The molecule has 1 aliphatic heterocycles. The molecule has 0 spiro atoms. The highest BCUT2D eigenvalue weighted by atomic mass is 19.3. The molecule has 2 rings (SSSR count). The van der Waals surface area contributed by atoms with E-state index in [-0.39, 0.29) is 12.8 Å². The largest absolute Gasteiger partial charge is 0.371 e. The van der Waals surface area contributed by atoms with Gasteiger partial charge in [-0.05, 0) is 12.1 Å². The van der Waals surface area contributed by atoms with Crippen LogP contribution in [0.15, 0.2) is 24.5 Å². The van der Waals surface area contributed by atoms with Crippen LogP contribution in [0.2, 0.25) is 0 Å². The topological polar surface area (TPSA) is 16.1 Å². The van der Waals surface area contributed by atoms with E-state index in [1.807, 2.05) is 17.0 Å². The Morgan fingerprint density at radius 1 is 1.14 bits per heavy atom. The summed E-state index contributed by atoms with van der Waals surface area (Å²) in [5.74, 6) is -2.47. The van der Waals surface area contributed by atoms with Crippen molar-refractivity contribution in [1.82, 2.24) is 4.98 Å². The average Bonchev–Trinajstić information content (AvgIpc) is 2.19. The Labute approximate surface area is 81.6 Å². The van der Waals surface area contributed by atoms with Crippen LogP contribution in [0, 0.1) is 0 Å². The van der Waals surface area contributed by atoms with Gasteiger partial charge in [0.15, 0.2) is 0 Å². The first kappa shape index (κ1) is 9.37. The summed E-state index contributed by atoms with van der Waals surface area (Å²) in [5, 5.41) is 0. The van der Waals surface area contributed by atoms with Gasteiger partial charge in [-0.1, -0.05) is 0 Å². The molecule has 76 valence electrons. The van der Waals surface area contributed by atoms with Gasteiger partial charge in [-0.25, -0.2) is 8.78 Å². The Kier molecular flexibility index (Phi) is 2.35. The summed E-state index contributed by atoms with van der Waals surface area (Å²) in [7, 11) is 0. The highest BCUT2D eigenvalue weighted by Crippen LogP contribution is 2.29. The zero-order valence-electron chi connectivity index (χ0n) is 7.79. The van der Waals surface area contributed by atoms with E-state index in [4.69, 9.17) is 0 Å². The van der Waals surface area contributed by atoms with Crippen molar-refractivity contribution in [2.45, 2.75) is 18.8 Å². The second kappa shape index (κ2) is 3.52. The van der Waals surface area contributed by atoms with Gasteiger partial charge in [0.2, 0.25) is 0 Å². The number of hydrogen-bond acceptors (Lipinski definition) is 2. The Morgan fingerprint density at radius 2 is 1.71 bits per heavy atom. The van der Waals surface area contributed by atoms with E-state index < -0.39 is 5.92 Å². The Morgan fingerprint density at radius 3 is 2.29 bits per heavy atom. The van der Waals surface area contributed by atoms with Crippen molar-refractivity contribution in [3.8, 4) is 0 Å². The summed E-state index contributed by atoms with van der Waals surface area (Å²) in [4.78, 5) is 5.87. The van der Waals surface area contributed by atoms with Gasteiger partial charge in [-0.15, -0.1) is 0 Å². The van der Waals surface area contributed by atoms with E-state index in [0.29, 0.717) is 13.1 Å². The van der Waals surface area contributed by atoms with Gasteiger partial charge in [0.25, 0.3) is 5.92 Å². The van der Waals surface area contributed by atoms with Crippen LogP contribution >= 0.6 is 0 Å². The van der Waals surface area contributed by atoms with Crippen molar-refractivity contribution < 1.29 is 8.78 Å². The average molecular weight is 198 g/mol. The maximum absolute atomic E-state index is 12.9. The van der Waals surface area contributed by atoms with Crippen LogP contribution in [-0.4, -0.2) is 24.0 Å². The van der Waals surface area contributed by atoms with E-state index in [0.717, 1.165) is 5.69 Å². The van der Waals surface area contributed by atoms with Crippen LogP contribution in [0.1, 0.15) is 12.8 Å². The van der Waals surface area contributed by atoms with Gasteiger partial charge >= 0.3 is 0 Å². The summed E-state index contributed by atoms with van der Waals surface area (Å²) < 4.78 is 25.7. The zero-order valence-corrected chi connectivity index (χ0v) is 7.79. The molecule has 2 heterocycles. The summed E-state index contributed by atoms with van der Waals surface area (Å²) >= 11 is 0. The van der Waals surface area contributed by atoms with E-state index in [2.05, 4.69) is 4.98 Å². The number of pyridine rings is 1. The van der Waals surface area contributed by atoms with Crippen LogP contribution in [0.4, 0.5) is 14.5 Å². The molecular weight excluding hydrogens is 186 g/mol. The summed E-state index contributed by atoms with van der Waals surface area (Å²) in [6, 6.07) is 3.70. The third kappa shape index (κ3) is 2.00. The third-order valence-corrected chi connectivity index (χ3v) is 2.52. The predicted octanol–water partition coefficient (Wildman–Crippen LogP) is 2.32. The molecule has 1 saturated heterocycles. The first-order valence-corrected chi connectivity index (χ1v) is 4.70. The molecule has 1 fully saturated rings. The number of piperidine rings is 1. The van der Waals surface area contributed by atoms with Gasteiger partial charge in [0.05, 0.1) is 0 Å². The zero-order chi connectivity index (χ0) is 10.0. The Balaban J connectivity index is 2.03. The molecule has 0 bridgehead atoms. The Bertz CT molecular complexity index is 290. The fourth-order valence-corrected chi connectivity index (χ4v) is 1.65. The minimum atomic E-state index is -2.47. The molecule has 0 atom stereocenters. The third-order valence-electron chi connectivity index (χ3n) is 2.52. The minimum absolute atomic E-state index is 0.0463. The van der Waals surface area contributed by atoms with Crippen molar-refractivity contribution in [3.05, 3.63) is 24.5 Å². The van der Waals surface area contributed by atoms with E-state index in [9.17, 15) is 8.78 Å². The predicted molar refractivity (Wildman–Crippen MR) is 50.6 cm³/mol. The maximum atomic E-state index is 12.9. The summed E-state index contributed by atoms with van der Waals surface area (Å²) in [6.07, 6.45) is 3.27. The molecule has 1 aromatic rings. The first-order chi connectivity index (χ1) is 6.67. The molecule has 0 saturated carbocycles. The van der Waals surface area contributed by atoms with Crippen molar-refractivity contribution in [2.24, 2.45) is 0 Å². The molecule has 1 aromatic heterocycles. The minimum Gasteiger partial charge on any atom is -0.371 e. The first-order valence-electron chi connectivity index (χ1n) is 4.70. The molecule has 0 aliphatic carbocycles. The van der Waals surface area contributed by atoms with Crippen molar-refractivity contribution in [3.63, 3.8) is 0 Å². The fourth-order valence-electron chi connectivity index (χ4n) is 1.65. The molecule has 0 aromatic carbocycles. The highest BCUT2D eigenvalue weighted by molar-refractivity contribution is 5.44. The van der Waals surface area contributed by atoms with Crippen LogP contribution in [0.25, 0.3) is 0 Å². The second-order valence-corrected chi connectivity index (χ2v) is 3.55. The molecule has 0 N–H and O–H groups in total. The lowest BCUT2D eigenvalue weighted by atomic mass is 10.1. The molecule has 0 amide bonds. The smallest absolute Gasteiger partial charge is 0.251 e. The number of alkyl halides is 2.